The number of carbonyl (C=O) groups excluding carboxylic acids is 2. The number of methoxy groups -OCH3 is 1. The van der Waals surface area contributed by atoms with Crippen LogP contribution in [0.5, 0.6) is 5.75 Å². The number of rotatable bonds is 7. The Morgan fingerprint density at radius 2 is 1.85 bits per heavy atom. The van der Waals surface area contributed by atoms with Gasteiger partial charge in [0.25, 0.3) is 0 Å². The fourth-order valence-corrected chi connectivity index (χ4v) is 3.79. The number of carbonyl (C=O) groups is 2. The molecule has 0 fully saturated rings. The van der Waals surface area contributed by atoms with Crippen molar-refractivity contribution < 1.29 is 18.7 Å². The summed E-state index contributed by atoms with van der Waals surface area (Å²) in [6.45, 7) is 3.86. The Morgan fingerprint density at radius 3 is 2.58 bits per heavy atom. The van der Waals surface area contributed by atoms with Crippen molar-refractivity contribution in [3.05, 3.63) is 72.0 Å². The summed E-state index contributed by atoms with van der Waals surface area (Å²) >= 11 is 0. The maximum absolute atomic E-state index is 14.0. The monoisotopic (exact) mass is 445 g/mol. The molecule has 0 aliphatic heterocycles. The van der Waals surface area contributed by atoms with E-state index in [0.29, 0.717) is 22.5 Å². The van der Waals surface area contributed by atoms with E-state index in [1.807, 2.05) is 54.8 Å². The Bertz CT molecular complexity index is 1340. The van der Waals surface area contributed by atoms with Crippen LogP contribution in [0.25, 0.3) is 33.5 Å². The molecule has 1 heterocycles. The lowest BCUT2D eigenvalue weighted by Crippen LogP contribution is -2.33. The third-order valence-corrected chi connectivity index (χ3v) is 5.26. The van der Waals surface area contributed by atoms with Crippen molar-refractivity contribution in [1.29, 1.82) is 0 Å². The molecular formula is C26H24FN3O3. The summed E-state index contributed by atoms with van der Waals surface area (Å²) in [5.74, 6) is 0.00583. The standard InChI is InChI=1S/C26H24FN3O3/c1-16(2)28-25(32)14-30-23-10-8-19(18-6-4-5-17(11-18)15-31)12-22(23)29-26(30)20-7-9-21(27)24(13-20)33-3/h4-13,15-16H,14H2,1-3H3,(H,28,32). The Hall–Kier alpha value is -4.00. The highest BCUT2D eigenvalue weighted by atomic mass is 19.1. The number of aldehydes is 1. The van der Waals surface area contributed by atoms with Crippen LogP contribution in [0.1, 0.15) is 24.2 Å². The molecule has 4 rings (SSSR count). The predicted molar refractivity (Wildman–Crippen MR) is 126 cm³/mol. The summed E-state index contributed by atoms with van der Waals surface area (Å²) in [5.41, 5.74) is 4.44. The van der Waals surface area contributed by atoms with Gasteiger partial charge in [0.15, 0.2) is 11.6 Å². The third kappa shape index (κ3) is 4.62. The Balaban J connectivity index is 1.86. The molecule has 0 saturated carbocycles. The van der Waals surface area contributed by atoms with E-state index in [0.717, 1.165) is 22.9 Å². The Kier molecular flexibility index (Phi) is 6.22. The van der Waals surface area contributed by atoms with Gasteiger partial charge in [0.05, 0.1) is 18.1 Å². The van der Waals surface area contributed by atoms with E-state index in [1.165, 1.54) is 13.2 Å². The lowest BCUT2D eigenvalue weighted by atomic mass is 10.0. The number of ether oxygens (including phenoxy) is 1. The van der Waals surface area contributed by atoms with Crippen LogP contribution < -0.4 is 10.1 Å². The van der Waals surface area contributed by atoms with Crippen LogP contribution in [0.15, 0.2) is 60.7 Å². The van der Waals surface area contributed by atoms with Crippen LogP contribution >= 0.6 is 0 Å². The van der Waals surface area contributed by atoms with Gasteiger partial charge in [0.2, 0.25) is 5.91 Å². The summed E-state index contributed by atoms with van der Waals surface area (Å²) in [7, 11) is 1.40. The van der Waals surface area contributed by atoms with Crippen LogP contribution in [-0.4, -0.2) is 34.9 Å². The zero-order valence-electron chi connectivity index (χ0n) is 18.6. The first kappa shape index (κ1) is 22.2. The van der Waals surface area contributed by atoms with E-state index in [-0.39, 0.29) is 24.2 Å². The molecule has 0 unspecified atom stereocenters. The molecule has 1 amide bonds. The number of imidazole rings is 1. The lowest BCUT2D eigenvalue weighted by molar-refractivity contribution is -0.122. The van der Waals surface area contributed by atoms with Gasteiger partial charge < -0.3 is 14.6 Å². The highest BCUT2D eigenvalue weighted by Crippen LogP contribution is 2.31. The minimum atomic E-state index is -0.473. The summed E-state index contributed by atoms with van der Waals surface area (Å²) in [5, 5.41) is 2.90. The summed E-state index contributed by atoms with van der Waals surface area (Å²) in [6.07, 6.45) is 0.810. The molecule has 0 bridgehead atoms. The molecule has 0 saturated heterocycles. The normalized spacial score (nSPS) is 11.1. The topological polar surface area (TPSA) is 73.2 Å². The van der Waals surface area contributed by atoms with Gasteiger partial charge in [0, 0.05) is 17.2 Å². The van der Waals surface area contributed by atoms with Crippen molar-refractivity contribution in [2.75, 3.05) is 7.11 Å². The van der Waals surface area contributed by atoms with E-state index >= 15 is 0 Å². The number of fused-ring (bicyclic) bond motifs is 1. The van der Waals surface area contributed by atoms with Crippen LogP contribution in [0.2, 0.25) is 0 Å². The van der Waals surface area contributed by atoms with Gasteiger partial charge >= 0.3 is 0 Å². The molecule has 33 heavy (non-hydrogen) atoms. The van der Waals surface area contributed by atoms with E-state index in [2.05, 4.69) is 5.32 Å². The maximum Gasteiger partial charge on any atom is 0.240 e. The number of nitrogens with zero attached hydrogens (tertiary/aromatic N) is 2. The second kappa shape index (κ2) is 9.24. The Labute approximate surface area is 191 Å². The van der Waals surface area contributed by atoms with Gasteiger partial charge in [-0.2, -0.15) is 0 Å². The molecule has 168 valence electrons. The zero-order valence-corrected chi connectivity index (χ0v) is 18.6. The molecule has 1 aromatic heterocycles. The molecule has 0 spiro atoms. The average Bonchev–Trinajstić information content (AvgIpc) is 3.16. The molecule has 7 heteroatoms. The van der Waals surface area contributed by atoms with Crippen molar-refractivity contribution in [1.82, 2.24) is 14.9 Å². The highest BCUT2D eigenvalue weighted by Gasteiger charge is 2.18. The van der Waals surface area contributed by atoms with Crippen LogP contribution in [0.4, 0.5) is 4.39 Å². The first-order valence-electron chi connectivity index (χ1n) is 10.6. The third-order valence-electron chi connectivity index (χ3n) is 5.26. The van der Waals surface area contributed by atoms with Crippen molar-refractivity contribution in [3.63, 3.8) is 0 Å². The molecule has 4 aromatic rings. The smallest absolute Gasteiger partial charge is 0.240 e. The lowest BCUT2D eigenvalue weighted by Gasteiger charge is -2.13. The fraction of sp³-hybridized carbons (Fsp3) is 0.192. The SMILES string of the molecule is COc1cc(-c2nc3cc(-c4cccc(C=O)c4)ccc3n2CC(=O)NC(C)C)ccc1F. The molecule has 0 atom stereocenters. The van der Waals surface area contributed by atoms with Crippen molar-refractivity contribution >= 4 is 23.2 Å². The van der Waals surface area contributed by atoms with Crippen molar-refractivity contribution in [2.45, 2.75) is 26.4 Å². The molecule has 6 nitrogen and oxygen atoms in total. The van der Waals surface area contributed by atoms with Crippen LogP contribution in [0.3, 0.4) is 0 Å². The summed E-state index contributed by atoms with van der Waals surface area (Å²) in [6, 6.07) is 17.6. The number of nitrogens with one attached hydrogen (secondary N) is 1. The molecule has 0 radical (unpaired) electrons. The Morgan fingerprint density at radius 1 is 1.09 bits per heavy atom. The molecular weight excluding hydrogens is 421 g/mol. The zero-order chi connectivity index (χ0) is 23.5. The van der Waals surface area contributed by atoms with Gasteiger partial charge in [0.1, 0.15) is 18.7 Å². The van der Waals surface area contributed by atoms with E-state index < -0.39 is 5.82 Å². The summed E-state index contributed by atoms with van der Waals surface area (Å²) < 4.78 is 21.0. The number of amides is 1. The van der Waals surface area contributed by atoms with Crippen LogP contribution in [-0.2, 0) is 11.3 Å². The largest absolute Gasteiger partial charge is 0.494 e. The predicted octanol–water partition coefficient (Wildman–Crippen LogP) is 4.86. The second-order valence-corrected chi connectivity index (χ2v) is 8.04. The van der Waals surface area contributed by atoms with Gasteiger partial charge in [-0.25, -0.2) is 9.37 Å². The van der Waals surface area contributed by atoms with Crippen molar-refractivity contribution in [3.8, 4) is 28.3 Å². The van der Waals surface area contributed by atoms with E-state index in [4.69, 9.17) is 9.72 Å². The summed E-state index contributed by atoms with van der Waals surface area (Å²) in [4.78, 5) is 28.6. The first-order valence-corrected chi connectivity index (χ1v) is 10.6. The maximum atomic E-state index is 14.0. The van der Waals surface area contributed by atoms with Gasteiger partial charge in [-0.05, 0) is 61.4 Å². The number of benzene rings is 3. The first-order chi connectivity index (χ1) is 15.9. The molecule has 1 N–H and O–H groups in total. The highest BCUT2D eigenvalue weighted by molar-refractivity contribution is 5.88. The number of hydrogen-bond acceptors (Lipinski definition) is 4. The average molecular weight is 445 g/mol. The van der Waals surface area contributed by atoms with Crippen LogP contribution in [0, 0.1) is 5.82 Å². The number of halogens is 1. The molecule has 0 aliphatic carbocycles. The van der Waals surface area contributed by atoms with Gasteiger partial charge in [-0.3, -0.25) is 9.59 Å². The fourth-order valence-electron chi connectivity index (χ4n) is 3.79. The number of hydrogen-bond donors (Lipinski definition) is 1. The van der Waals surface area contributed by atoms with Gasteiger partial charge in [-0.1, -0.05) is 24.3 Å². The van der Waals surface area contributed by atoms with Crippen molar-refractivity contribution in [2.24, 2.45) is 0 Å². The molecule has 0 aliphatic rings. The van der Waals surface area contributed by atoms with Gasteiger partial charge in [-0.15, -0.1) is 0 Å². The minimum absolute atomic E-state index is 0.00153. The van der Waals surface area contributed by atoms with E-state index in [9.17, 15) is 14.0 Å². The minimum Gasteiger partial charge on any atom is -0.494 e. The van der Waals surface area contributed by atoms with E-state index in [1.54, 1.807) is 18.2 Å². The quantitative estimate of drug-likeness (QED) is 0.413. The second-order valence-electron chi connectivity index (χ2n) is 8.04. The number of aromatic nitrogens is 2. The molecule has 3 aromatic carbocycles.